The second kappa shape index (κ2) is 5.96. The van der Waals surface area contributed by atoms with Gasteiger partial charge < -0.3 is 10.6 Å². The Labute approximate surface area is 106 Å². The van der Waals surface area contributed by atoms with Crippen molar-refractivity contribution in [1.82, 2.24) is 10.6 Å². The molecule has 1 fully saturated rings. The van der Waals surface area contributed by atoms with Crippen molar-refractivity contribution in [3.63, 3.8) is 0 Å². The maximum absolute atomic E-state index is 11.7. The van der Waals surface area contributed by atoms with Gasteiger partial charge in [0.05, 0.1) is 6.04 Å². The van der Waals surface area contributed by atoms with Crippen molar-refractivity contribution in [3.05, 3.63) is 35.9 Å². The van der Waals surface area contributed by atoms with Crippen LogP contribution in [0.5, 0.6) is 0 Å². The van der Waals surface area contributed by atoms with Crippen molar-refractivity contribution in [3.8, 4) is 0 Å². The van der Waals surface area contributed by atoms with Gasteiger partial charge in [-0.1, -0.05) is 30.3 Å². The predicted octanol–water partition coefficient (Wildman–Crippen LogP) is 2.55. The van der Waals surface area contributed by atoms with Crippen molar-refractivity contribution >= 4 is 17.8 Å². The Hall–Kier alpha value is -1.16. The minimum absolute atomic E-state index is 0.0459. The smallest absolute Gasteiger partial charge is 0.315 e. The number of benzene rings is 1. The van der Waals surface area contributed by atoms with Crippen molar-refractivity contribution in [2.75, 3.05) is 12.0 Å². The molecule has 1 aromatic rings. The number of carbonyl (C=O) groups excluding carboxylic acids is 1. The lowest BCUT2D eigenvalue weighted by Crippen LogP contribution is -2.39. The summed E-state index contributed by atoms with van der Waals surface area (Å²) in [6, 6.07) is 10.5. The van der Waals surface area contributed by atoms with Crippen LogP contribution in [0.4, 0.5) is 4.79 Å². The average Bonchev–Trinajstić information content (AvgIpc) is 3.13. The second-order valence-electron chi connectivity index (χ2n) is 4.31. The van der Waals surface area contributed by atoms with Gasteiger partial charge in [-0.25, -0.2) is 4.79 Å². The molecule has 0 spiro atoms. The van der Waals surface area contributed by atoms with Gasteiger partial charge in [0, 0.05) is 11.8 Å². The predicted molar refractivity (Wildman–Crippen MR) is 72.3 cm³/mol. The molecular weight excluding hydrogens is 232 g/mol. The van der Waals surface area contributed by atoms with Crippen molar-refractivity contribution in [1.29, 1.82) is 0 Å². The van der Waals surface area contributed by atoms with Gasteiger partial charge in [-0.2, -0.15) is 11.8 Å². The third kappa shape index (κ3) is 3.97. The molecule has 4 heteroatoms. The fraction of sp³-hybridized carbons (Fsp3) is 0.462. The van der Waals surface area contributed by atoms with E-state index < -0.39 is 0 Å². The molecule has 0 heterocycles. The fourth-order valence-electron chi connectivity index (χ4n) is 1.69. The SMILES string of the molecule is CSC[C@H](NC(=O)NC1CC1)c1ccccc1. The molecule has 2 rings (SSSR count). The zero-order valence-electron chi connectivity index (χ0n) is 9.98. The molecule has 3 nitrogen and oxygen atoms in total. The average molecular weight is 250 g/mol. The first-order chi connectivity index (χ1) is 8.29. The van der Waals surface area contributed by atoms with Gasteiger partial charge in [-0.15, -0.1) is 0 Å². The summed E-state index contributed by atoms with van der Waals surface area (Å²) in [6.07, 6.45) is 4.29. The molecule has 1 aliphatic rings. The first-order valence-corrected chi connectivity index (χ1v) is 7.30. The zero-order valence-corrected chi connectivity index (χ0v) is 10.8. The van der Waals surface area contributed by atoms with E-state index in [0.717, 1.165) is 24.2 Å². The number of hydrogen-bond donors (Lipinski definition) is 2. The monoisotopic (exact) mass is 250 g/mol. The summed E-state index contributed by atoms with van der Waals surface area (Å²) in [5.41, 5.74) is 1.16. The summed E-state index contributed by atoms with van der Waals surface area (Å²) in [6.45, 7) is 0. The van der Waals surface area contributed by atoms with E-state index in [2.05, 4.69) is 29.0 Å². The van der Waals surface area contributed by atoms with Gasteiger partial charge in [0.15, 0.2) is 0 Å². The zero-order chi connectivity index (χ0) is 12.1. The highest BCUT2D eigenvalue weighted by atomic mass is 32.2. The lowest BCUT2D eigenvalue weighted by atomic mass is 10.1. The summed E-state index contributed by atoms with van der Waals surface area (Å²) in [5.74, 6) is 0.891. The topological polar surface area (TPSA) is 41.1 Å². The second-order valence-corrected chi connectivity index (χ2v) is 5.22. The molecule has 1 saturated carbocycles. The van der Waals surface area contributed by atoms with Gasteiger partial charge in [0.2, 0.25) is 0 Å². The maximum atomic E-state index is 11.7. The van der Waals surface area contributed by atoms with Gasteiger partial charge in [0.1, 0.15) is 0 Å². The summed E-state index contributed by atoms with van der Waals surface area (Å²) in [4.78, 5) is 11.7. The largest absolute Gasteiger partial charge is 0.335 e. The third-order valence-electron chi connectivity index (χ3n) is 2.75. The van der Waals surface area contributed by atoms with Gasteiger partial charge in [-0.05, 0) is 24.7 Å². The van der Waals surface area contributed by atoms with Crippen LogP contribution in [0.1, 0.15) is 24.4 Å². The van der Waals surface area contributed by atoms with Gasteiger partial charge >= 0.3 is 6.03 Å². The number of carbonyl (C=O) groups is 1. The number of amides is 2. The number of thioether (sulfide) groups is 1. The minimum Gasteiger partial charge on any atom is -0.335 e. The minimum atomic E-state index is -0.0459. The highest BCUT2D eigenvalue weighted by molar-refractivity contribution is 7.98. The van der Waals surface area contributed by atoms with Crippen LogP contribution in [0.3, 0.4) is 0 Å². The molecule has 0 aromatic heterocycles. The van der Waals surface area contributed by atoms with E-state index in [1.807, 2.05) is 18.2 Å². The quantitative estimate of drug-likeness (QED) is 0.843. The van der Waals surface area contributed by atoms with Crippen LogP contribution < -0.4 is 10.6 Å². The summed E-state index contributed by atoms with van der Waals surface area (Å²) < 4.78 is 0. The number of nitrogens with one attached hydrogen (secondary N) is 2. The van der Waals surface area contributed by atoms with Crippen LogP contribution >= 0.6 is 11.8 Å². The summed E-state index contributed by atoms with van der Waals surface area (Å²) >= 11 is 1.74. The molecule has 2 amide bonds. The van der Waals surface area contributed by atoms with E-state index in [4.69, 9.17) is 0 Å². The molecule has 1 aliphatic carbocycles. The van der Waals surface area contributed by atoms with E-state index in [1.54, 1.807) is 11.8 Å². The Morgan fingerprint density at radius 3 is 2.71 bits per heavy atom. The maximum Gasteiger partial charge on any atom is 0.315 e. The van der Waals surface area contributed by atoms with Crippen molar-refractivity contribution < 1.29 is 4.79 Å². The van der Waals surface area contributed by atoms with Crippen LogP contribution in [-0.2, 0) is 0 Å². The molecule has 92 valence electrons. The summed E-state index contributed by atoms with van der Waals surface area (Å²) in [5, 5.41) is 5.99. The molecule has 0 bridgehead atoms. The van der Waals surface area contributed by atoms with E-state index >= 15 is 0 Å². The van der Waals surface area contributed by atoms with E-state index in [1.165, 1.54) is 0 Å². The van der Waals surface area contributed by atoms with E-state index in [-0.39, 0.29) is 12.1 Å². The molecule has 0 saturated heterocycles. The standard InChI is InChI=1S/C13H18N2OS/c1-17-9-12(10-5-3-2-4-6-10)15-13(16)14-11-7-8-11/h2-6,11-12H,7-9H2,1H3,(H2,14,15,16)/t12-/m0/s1. The third-order valence-corrected chi connectivity index (χ3v) is 3.42. The highest BCUT2D eigenvalue weighted by Gasteiger charge is 2.24. The molecular formula is C13H18N2OS. The van der Waals surface area contributed by atoms with Gasteiger partial charge in [-0.3, -0.25) is 0 Å². The van der Waals surface area contributed by atoms with Crippen LogP contribution in [0, 0.1) is 0 Å². The lowest BCUT2D eigenvalue weighted by Gasteiger charge is -2.18. The highest BCUT2D eigenvalue weighted by Crippen LogP contribution is 2.20. The molecule has 0 aliphatic heterocycles. The first-order valence-electron chi connectivity index (χ1n) is 5.90. The molecule has 1 aromatic carbocycles. The molecule has 2 N–H and O–H groups in total. The van der Waals surface area contributed by atoms with Crippen molar-refractivity contribution in [2.45, 2.75) is 24.9 Å². The van der Waals surface area contributed by atoms with Crippen LogP contribution in [0.15, 0.2) is 30.3 Å². The number of hydrogen-bond acceptors (Lipinski definition) is 2. The van der Waals surface area contributed by atoms with E-state index in [9.17, 15) is 4.79 Å². The van der Waals surface area contributed by atoms with Gasteiger partial charge in [0.25, 0.3) is 0 Å². The fourth-order valence-corrected chi connectivity index (χ4v) is 2.30. The Morgan fingerprint density at radius 1 is 1.41 bits per heavy atom. The van der Waals surface area contributed by atoms with Crippen LogP contribution in [0.2, 0.25) is 0 Å². The number of rotatable bonds is 5. The van der Waals surface area contributed by atoms with Crippen molar-refractivity contribution in [2.24, 2.45) is 0 Å². The molecule has 1 atom stereocenters. The Balaban J connectivity index is 1.94. The van der Waals surface area contributed by atoms with Crippen LogP contribution in [-0.4, -0.2) is 24.1 Å². The normalized spacial score (nSPS) is 16.3. The summed E-state index contributed by atoms with van der Waals surface area (Å²) in [7, 11) is 0. The molecule has 0 radical (unpaired) electrons. The Kier molecular flexibility index (Phi) is 4.31. The first kappa shape index (κ1) is 12.3. The number of urea groups is 1. The van der Waals surface area contributed by atoms with E-state index in [0.29, 0.717) is 6.04 Å². The molecule has 0 unspecified atom stereocenters. The lowest BCUT2D eigenvalue weighted by molar-refractivity contribution is 0.237. The Morgan fingerprint density at radius 2 is 2.12 bits per heavy atom. The molecule has 17 heavy (non-hydrogen) atoms. The van der Waals surface area contributed by atoms with Crippen LogP contribution in [0.25, 0.3) is 0 Å². The Bertz CT molecular complexity index is 365.